The molecule has 8 nitrogen and oxygen atoms in total. The molecule has 0 bridgehead atoms. The molecular weight excluding hydrogens is 454 g/mol. The molecule has 0 radical (unpaired) electrons. The van der Waals surface area contributed by atoms with E-state index in [1.165, 1.54) is 10.4 Å². The molecular formula is C25H37N3O5S. The van der Waals surface area contributed by atoms with Crippen LogP contribution in [0.4, 0.5) is 0 Å². The van der Waals surface area contributed by atoms with E-state index in [4.69, 9.17) is 4.74 Å². The molecule has 1 aromatic rings. The number of amides is 1. The molecule has 1 saturated carbocycles. The minimum atomic E-state index is -3.90. The Morgan fingerprint density at radius 3 is 2.59 bits per heavy atom. The van der Waals surface area contributed by atoms with Gasteiger partial charge in [-0.05, 0) is 52.1 Å². The van der Waals surface area contributed by atoms with Crippen LogP contribution in [0.5, 0.6) is 5.75 Å². The fourth-order valence-electron chi connectivity index (χ4n) is 4.15. The highest BCUT2D eigenvalue weighted by Gasteiger charge is 2.39. The van der Waals surface area contributed by atoms with Gasteiger partial charge >= 0.3 is 0 Å². The lowest BCUT2D eigenvalue weighted by Gasteiger charge is -2.38. The summed E-state index contributed by atoms with van der Waals surface area (Å²) in [6, 6.07) is 4.28. The number of carbonyl (C=O) groups is 1. The van der Waals surface area contributed by atoms with Crippen LogP contribution < -0.4 is 4.74 Å². The third-order valence-corrected chi connectivity index (χ3v) is 8.60. The SMILES string of the molecule is C[C@@H]1CN([C@H](C)CO)S(=O)(=O)c2ccc(C#CCN(C)C)cc2O[C@@H]1CN(C)C(=O)C1CCC1. The second kappa shape index (κ2) is 11.1. The van der Waals surface area contributed by atoms with E-state index >= 15 is 0 Å². The summed E-state index contributed by atoms with van der Waals surface area (Å²) < 4.78 is 34.7. The molecule has 34 heavy (non-hydrogen) atoms. The molecule has 1 aromatic carbocycles. The number of fused-ring (bicyclic) bond motifs is 1. The Hall–Kier alpha value is -2.12. The molecule has 188 valence electrons. The largest absolute Gasteiger partial charge is 0.487 e. The number of aliphatic hydroxyl groups excluding tert-OH is 1. The molecule has 3 atom stereocenters. The zero-order valence-corrected chi connectivity index (χ0v) is 21.6. The molecule has 1 heterocycles. The molecule has 0 aromatic heterocycles. The van der Waals surface area contributed by atoms with Crippen LogP contribution in [-0.4, -0.2) is 93.1 Å². The molecule has 1 amide bonds. The van der Waals surface area contributed by atoms with Gasteiger partial charge in [0.25, 0.3) is 0 Å². The first-order valence-corrected chi connectivity index (χ1v) is 13.3. The van der Waals surface area contributed by atoms with E-state index in [1.807, 2.05) is 25.9 Å². The molecule has 0 unspecified atom stereocenters. The van der Waals surface area contributed by atoms with E-state index in [1.54, 1.807) is 31.0 Å². The van der Waals surface area contributed by atoms with Crippen molar-refractivity contribution in [1.82, 2.24) is 14.1 Å². The molecule has 0 saturated heterocycles. The normalized spacial score (nSPS) is 23.4. The van der Waals surface area contributed by atoms with Crippen molar-refractivity contribution < 1.29 is 23.1 Å². The Bertz CT molecular complexity index is 1040. The van der Waals surface area contributed by atoms with Gasteiger partial charge in [0.1, 0.15) is 16.7 Å². The second-order valence-corrected chi connectivity index (χ2v) is 11.6. The number of ether oxygens (including phenoxy) is 1. The van der Waals surface area contributed by atoms with Crippen molar-refractivity contribution >= 4 is 15.9 Å². The van der Waals surface area contributed by atoms with Crippen molar-refractivity contribution in [3.63, 3.8) is 0 Å². The summed E-state index contributed by atoms with van der Waals surface area (Å²) in [7, 11) is 1.73. The molecule has 3 rings (SSSR count). The maximum absolute atomic E-state index is 13.5. The summed E-state index contributed by atoms with van der Waals surface area (Å²) in [5, 5.41) is 9.77. The van der Waals surface area contributed by atoms with E-state index in [0.717, 1.165) is 19.3 Å². The summed E-state index contributed by atoms with van der Waals surface area (Å²) in [4.78, 5) is 16.5. The summed E-state index contributed by atoms with van der Waals surface area (Å²) in [6.45, 7) is 4.43. The maximum Gasteiger partial charge on any atom is 0.247 e. The van der Waals surface area contributed by atoms with Gasteiger partial charge in [-0.1, -0.05) is 25.2 Å². The highest BCUT2D eigenvalue weighted by molar-refractivity contribution is 7.89. The number of likely N-dealkylation sites (N-methyl/N-ethyl adjacent to an activating group) is 1. The molecule has 1 fully saturated rings. The Morgan fingerprint density at radius 1 is 1.29 bits per heavy atom. The molecule has 1 aliphatic heterocycles. The van der Waals surface area contributed by atoms with Crippen LogP contribution >= 0.6 is 0 Å². The lowest BCUT2D eigenvalue weighted by Crippen LogP contribution is -2.50. The summed E-state index contributed by atoms with van der Waals surface area (Å²) in [5.74, 6) is 6.33. The number of nitrogens with zero attached hydrogens (tertiary/aromatic N) is 3. The van der Waals surface area contributed by atoms with Crippen molar-refractivity contribution in [2.75, 3.05) is 47.4 Å². The van der Waals surface area contributed by atoms with Gasteiger partial charge in [0.05, 0.1) is 19.7 Å². The van der Waals surface area contributed by atoms with Crippen LogP contribution in [0.1, 0.15) is 38.7 Å². The van der Waals surface area contributed by atoms with Crippen molar-refractivity contribution in [1.29, 1.82) is 0 Å². The summed E-state index contributed by atoms with van der Waals surface area (Å²) in [5.41, 5.74) is 0.656. The fraction of sp³-hybridized carbons (Fsp3) is 0.640. The first-order valence-electron chi connectivity index (χ1n) is 11.9. The standard InChI is InChI=1S/C25H37N3O5S/c1-18-15-28(19(2)17-29)34(31,32)24-12-11-20(8-7-13-26(3)4)14-22(24)33-23(18)16-27(5)25(30)21-9-6-10-21/h11-12,14,18-19,21,23,29H,6,9-10,13,15-17H2,1-5H3/t18-,19-,23-/m1/s1. The number of rotatable bonds is 6. The number of hydrogen-bond donors (Lipinski definition) is 1. The van der Waals surface area contributed by atoms with Crippen LogP contribution in [0.15, 0.2) is 23.1 Å². The molecule has 2 aliphatic rings. The highest BCUT2D eigenvalue weighted by atomic mass is 32.2. The van der Waals surface area contributed by atoms with E-state index in [9.17, 15) is 18.3 Å². The van der Waals surface area contributed by atoms with Gasteiger partial charge in [0.15, 0.2) is 0 Å². The van der Waals surface area contributed by atoms with Crippen molar-refractivity contribution in [2.45, 2.75) is 50.2 Å². The zero-order chi connectivity index (χ0) is 25.0. The van der Waals surface area contributed by atoms with Crippen LogP contribution in [0.2, 0.25) is 0 Å². The van der Waals surface area contributed by atoms with Gasteiger partial charge in [-0.3, -0.25) is 9.69 Å². The lowest BCUT2D eigenvalue weighted by atomic mass is 9.84. The minimum absolute atomic E-state index is 0.0517. The number of carbonyl (C=O) groups excluding carboxylic acids is 1. The lowest BCUT2D eigenvalue weighted by molar-refractivity contribution is -0.138. The monoisotopic (exact) mass is 491 g/mol. The zero-order valence-electron chi connectivity index (χ0n) is 20.8. The maximum atomic E-state index is 13.5. The van der Waals surface area contributed by atoms with Crippen molar-refractivity contribution in [2.24, 2.45) is 11.8 Å². The molecule has 0 spiro atoms. The number of aliphatic hydroxyl groups is 1. The summed E-state index contributed by atoms with van der Waals surface area (Å²) >= 11 is 0. The minimum Gasteiger partial charge on any atom is -0.487 e. The summed E-state index contributed by atoms with van der Waals surface area (Å²) in [6.07, 6.45) is 2.50. The van der Waals surface area contributed by atoms with Gasteiger partial charge in [-0.15, -0.1) is 0 Å². The molecule has 1 aliphatic carbocycles. The van der Waals surface area contributed by atoms with Gasteiger partial charge in [0, 0.05) is 37.0 Å². The first kappa shape index (κ1) is 26.5. The van der Waals surface area contributed by atoms with Crippen molar-refractivity contribution in [3.8, 4) is 17.6 Å². The Morgan fingerprint density at radius 2 is 2.00 bits per heavy atom. The van der Waals surface area contributed by atoms with Gasteiger partial charge < -0.3 is 14.7 Å². The third kappa shape index (κ3) is 5.92. The first-order chi connectivity index (χ1) is 16.0. The smallest absolute Gasteiger partial charge is 0.247 e. The Balaban J connectivity index is 1.98. The van der Waals surface area contributed by atoms with Crippen LogP contribution in [0.3, 0.4) is 0 Å². The Kier molecular flexibility index (Phi) is 8.63. The number of hydrogen-bond acceptors (Lipinski definition) is 6. The van der Waals surface area contributed by atoms with Crippen LogP contribution in [-0.2, 0) is 14.8 Å². The molecule has 9 heteroatoms. The van der Waals surface area contributed by atoms with Gasteiger partial charge in [-0.25, -0.2) is 8.42 Å². The predicted molar refractivity (Wildman–Crippen MR) is 131 cm³/mol. The number of sulfonamides is 1. The topological polar surface area (TPSA) is 90.4 Å². The van der Waals surface area contributed by atoms with Crippen LogP contribution in [0.25, 0.3) is 0 Å². The fourth-order valence-corrected chi connectivity index (χ4v) is 5.97. The van der Waals surface area contributed by atoms with E-state index in [-0.39, 0.29) is 41.5 Å². The quantitative estimate of drug-likeness (QED) is 0.609. The van der Waals surface area contributed by atoms with Gasteiger partial charge in [-0.2, -0.15) is 4.31 Å². The molecule has 1 N–H and O–H groups in total. The highest BCUT2D eigenvalue weighted by Crippen LogP contribution is 2.34. The van der Waals surface area contributed by atoms with E-state index < -0.39 is 22.2 Å². The average Bonchev–Trinajstić information content (AvgIpc) is 2.74. The van der Waals surface area contributed by atoms with E-state index in [0.29, 0.717) is 18.7 Å². The number of benzene rings is 1. The van der Waals surface area contributed by atoms with Crippen molar-refractivity contribution in [3.05, 3.63) is 23.8 Å². The predicted octanol–water partition coefficient (Wildman–Crippen LogP) is 1.63. The van der Waals surface area contributed by atoms with Gasteiger partial charge in [0.2, 0.25) is 15.9 Å². The average molecular weight is 492 g/mol. The second-order valence-electron chi connectivity index (χ2n) is 9.79. The Labute approximate surface area is 203 Å². The third-order valence-electron chi connectivity index (χ3n) is 6.58. The van der Waals surface area contributed by atoms with Crippen LogP contribution in [0, 0.1) is 23.7 Å². The van der Waals surface area contributed by atoms with E-state index in [2.05, 4.69) is 11.8 Å².